The number of benzene rings is 2. The van der Waals surface area contributed by atoms with E-state index in [9.17, 15) is 4.39 Å². The molecule has 0 aromatic heterocycles. The zero-order valence-electron chi connectivity index (χ0n) is 8.74. The van der Waals surface area contributed by atoms with E-state index in [4.69, 9.17) is 16.9 Å². The Morgan fingerprint density at radius 1 is 1.12 bits per heavy atom. The van der Waals surface area contributed by atoms with Crippen LogP contribution in [0.25, 0.3) is 0 Å². The molecule has 0 aliphatic heterocycles. The third-order valence-electron chi connectivity index (χ3n) is 2.20. The van der Waals surface area contributed by atoms with Crippen LogP contribution in [0.1, 0.15) is 5.56 Å². The van der Waals surface area contributed by atoms with E-state index in [1.165, 1.54) is 12.1 Å². The molecule has 0 amide bonds. The Hall–Kier alpha value is -2.05. The molecular weight excluding hydrogens is 239 g/mol. The van der Waals surface area contributed by atoms with Gasteiger partial charge in [-0.1, -0.05) is 17.7 Å². The standard InChI is InChI=1S/C13H8ClFN2/c14-12-5-4-11(7-13(12)15)17-10-3-1-2-9(6-10)8-16/h1-7,17H. The van der Waals surface area contributed by atoms with Crippen molar-refractivity contribution < 1.29 is 4.39 Å². The Morgan fingerprint density at radius 3 is 2.59 bits per heavy atom. The van der Waals surface area contributed by atoms with Crippen molar-refractivity contribution in [2.45, 2.75) is 0 Å². The molecular formula is C13H8ClFN2. The molecule has 0 unspecified atom stereocenters. The van der Waals surface area contributed by atoms with Crippen LogP contribution < -0.4 is 5.32 Å². The Balaban J connectivity index is 2.25. The third kappa shape index (κ3) is 2.74. The van der Waals surface area contributed by atoms with Gasteiger partial charge in [0, 0.05) is 11.4 Å². The molecule has 0 aliphatic rings. The fraction of sp³-hybridized carbons (Fsp3) is 0. The molecule has 0 fully saturated rings. The smallest absolute Gasteiger partial charge is 0.143 e. The summed E-state index contributed by atoms with van der Waals surface area (Å²) in [5.41, 5.74) is 1.86. The highest BCUT2D eigenvalue weighted by Crippen LogP contribution is 2.22. The molecule has 0 heterocycles. The molecule has 84 valence electrons. The number of rotatable bonds is 2. The van der Waals surface area contributed by atoms with Gasteiger partial charge in [0.15, 0.2) is 0 Å². The van der Waals surface area contributed by atoms with E-state index in [1.807, 2.05) is 6.07 Å². The molecule has 2 nitrogen and oxygen atoms in total. The van der Waals surface area contributed by atoms with E-state index in [0.29, 0.717) is 11.3 Å². The van der Waals surface area contributed by atoms with Gasteiger partial charge >= 0.3 is 0 Å². The first-order chi connectivity index (χ1) is 8.19. The lowest BCUT2D eigenvalue weighted by atomic mass is 10.2. The van der Waals surface area contributed by atoms with Crippen LogP contribution in [-0.4, -0.2) is 0 Å². The van der Waals surface area contributed by atoms with Crippen molar-refractivity contribution in [2.75, 3.05) is 5.32 Å². The van der Waals surface area contributed by atoms with Crippen molar-refractivity contribution >= 4 is 23.0 Å². The van der Waals surface area contributed by atoms with Gasteiger partial charge in [-0.2, -0.15) is 5.26 Å². The lowest BCUT2D eigenvalue weighted by molar-refractivity contribution is 0.629. The lowest BCUT2D eigenvalue weighted by Crippen LogP contribution is -1.91. The zero-order valence-corrected chi connectivity index (χ0v) is 9.50. The van der Waals surface area contributed by atoms with Gasteiger partial charge < -0.3 is 5.32 Å². The first-order valence-electron chi connectivity index (χ1n) is 4.91. The van der Waals surface area contributed by atoms with E-state index in [0.717, 1.165) is 5.69 Å². The van der Waals surface area contributed by atoms with Crippen LogP contribution >= 0.6 is 11.6 Å². The van der Waals surface area contributed by atoms with Crippen molar-refractivity contribution in [3.8, 4) is 6.07 Å². The Morgan fingerprint density at radius 2 is 1.88 bits per heavy atom. The van der Waals surface area contributed by atoms with E-state index < -0.39 is 5.82 Å². The van der Waals surface area contributed by atoms with Crippen molar-refractivity contribution in [1.82, 2.24) is 0 Å². The Labute approximate surface area is 103 Å². The summed E-state index contributed by atoms with van der Waals surface area (Å²) < 4.78 is 13.2. The van der Waals surface area contributed by atoms with E-state index in [-0.39, 0.29) is 5.02 Å². The maximum Gasteiger partial charge on any atom is 0.143 e. The van der Waals surface area contributed by atoms with Gasteiger partial charge in [0.25, 0.3) is 0 Å². The van der Waals surface area contributed by atoms with Gasteiger partial charge in [0.05, 0.1) is 16.7 Å². The SMILES string of the molecule is N#Cc1cccc(Nc2ccc(Cl)c(F)c2)c1. The van der Waals surface area contributed by atoms with Gasteiger partial charge in [-0.25, -0.2) is 4.39 Å². The first kappa shape index (κ1) is 11.4. The van der Waals surface area contributed by atoms with Gasteiger partial charge in [-0.15, -0.1) is 0 Å². The Kier molecular flexibility index (Phi) is 3.27. The second-order valence-corrected chi connectivity index (χ2v) is 3.85. The van der Waals surface area contributed by atoms with Crippen molar-refractivity contribution in [1.29, 1.82) is 5.26 Å². The van der Waals surface area contributed by atoms with E-state index >= 15 is 0 Å². The minimum atomic E-state index is -0.479. The number of nitrogens with one attached hydrogen (secondary N) is 1. The predicted octanol–water partition coefficient (Wildman–Crippen LogP) is 4.09. The minimum absolute atomic E-state index is 0.0846. The van der Waals surface area contributed by atoms with Crippen molar-refractivity contribution in [2.24, 2.45) is 0 Å². The van der Waals surface area contributed by atoms with Crippen molar-refractivity contribution in [3.63, 3.8) is 0 Å². The molecule has 0 bridgehead atoms. The molecule has 4 heteroatoms. The van der Waals surface area contributed by atoms with E-state index in [2.05, 4.69) is 5.32 Å². The van der Waals surface area contributed by atoms with Crippen molar-refractivity contribution in [3.05, 3.63) is 58.9 Å². The molecule has 0 radical (unpaired) electrons. The van der Waals surface area contributed by atoms with Gasteiger partial charge in [-0.3, -0.25) is 0 Å². The summed E-state index contributed by atoms with van der Waals surface area (Å²) in [7, 11) is 0. The van der Waals surface area contributed by atoms with Crippen LogP contribution in [0.5, 0.6) is 0 Å². The average molecular weight is 247 g/mol. The van der Waals surface area contributed by atoms with Crippen LogP contribution in [0.2, 0.25) is 5.02 Å². The number of halogens is 2. The molecule has 2 aromatic rings. The fourth-order valence-electron chi connectivity index (χ4n) is 1.41. The van der Waals surface area contributed by atoms with Crippen LogP contribution in [0, 0.1) is 17.1 Å². The summed E-state index contributed by atoms with van der Waals surface area (Å²) >= 11 is 5.59. The normalized spacial score (nSPS) is 9.71. The second kappa shape index (κ2) is 4.86. The van der Waals surface area contributed by atoms with Crippen LogP contribution in [0.4, 0.5) is 15.8 Å². The summed E-state index contributed by atoms with van der Waals surface area (Å²) in [5, 5.41) is 11.8. The molecule has 0 saturated carbocycles. The molecule has 0 atom stereocenters. The Bertz CT molecular complexity index is 590. The summed E-state index contributed by atoms with van der Waals surface area (Å²) in [6, 6.07) is 13.4. The van der Waals surface area contributed by atoms with Crippen LogP contribution in [0.3, 0.4) is 0 Å². The highest BCUT2D eigenvalue weighted by molar-refractivity contribution is 6.30. The topological polar surface area (TPSA) is 35.8 Å². The second-order valence-electron chi connectivity index (χ2n) is 3.45. The molecule has 1 N–H and O–H groups in total. The molecule has 0 spiro atoms. The number of hydrogen-bond donors (Lipinski definition) is 1. The molecule has 2 rings (SSSR count). The maximum atomic E-state index is 13.2. The summed E-state index contributed by atoms with van der Waals surface area (Å²) in [5.74, 6) is -0.479. The highest BCUT2D eigenvalue weighted by atomic mass is 35.5. The minimum Gasteiger partial charge on any atom is -0.355 e. The molecule has 0 saturated heterocycles. The average Bonchev–Trinajstić information content (AvgIpc) is 2.34. The van der Waals surface area contributed by atoms with Gasteiger partial charge in [0.2, 0.25) is 0 Å². The van der Waals surface area contributed by atoms with Crippen LogP contribution in [0.15, 0.2) is 42.5 Å². The number of nitriles is 1. The summed E-state index contributed by atoms with van der Waals surface area (Å²) in [6.45, 7) is 0. The van der Waals surface area contributed by atoms with E-state index in [1.54, 1.807) is 30.3 Å². The number of anilines is 2. The molecule has 17 heavy (non-hydrogen) atoms. The number of hydrogen-bond acceptors (Lipinski definition) is 2. The maximum absolute atomic E-state index is 13.2. The lowest BCUT2D eigenvalue weighted by Gasteiger charge is -2.07. The zero-order chi connectivity index (χ0) is 12.3. The predicted molar refractivity (Wildman–Crippen MR) is 65.8 cm³/mol. The van der Waals surface area contributed by atoms with Gasteiger partial charge in [-0.05, 0) is 36.4 Å². The summed E-state index contributed by atoms with van der Waals surface area (Å²) in [6.07, 6.45) is 0. The van der Waals surface area contributed by atoms with Crippen LogP contribution in [-0.2, 0) is 0 Å². The summed E-state index contributed by atoms with van der Waals surface area (Å²) in [4.78, 5) is 0. The number of nitrogens with zero attached hydrogens (tertiary/aromatic N) is 1. The highest BCUT2D eigenvalue weighted by Gasteiger charge is 2.01. The monoisotopic (exact) mass is 246 g/mol. The largest absolute Gasteiger partial charge is 0.355 e. The fourth-order valence-corrected chi connectivity index (χ4v) is 1.52. The first-order valence-corrected chi connectivity index (χ1v) is 5.29. The third-order valence-corrected chi connectivity index (χ3v) is 2.51. The molecule has 2 aromatic carbocycles. The molecule has 0 aliphatic carbocycles. The quantitative estimate of drug-likeness (QED) is 0.866. The van der Waals surface area contributed by atoms with Gasteiger partial charge in [0.1, 0.15) is 5.82 Å².